The van der Waals surface area contributed by atoms with E-state index in [0.717, 1.165) is 16.7 Å². The molecule has 194 valence electrons. The fourth-order valence-corrected chi connectivity index (χ4v) is 4.21. The molecule has 3 aromatic carbocycles. The van der Waals surface area contributed by atoms with Crippen LogP contribution in [0.25, 0.3) is 17.2 Å². The van der Waals surface area contributed by atoms with Crippen LogP contribution < -0.4 is 25.9 Å². The molecular formula is C29H28IO7-. The quantitative estimate of drug-likeness (QED) is 0.0815. The van der Waals surface area contributed by atoms with Gasteiger partial charge in [0.05, 0.1) is 12.0 Å². The second-order valence-electron chi connectivity index (χ2n) is 7.78. The van der Waals surface area contributed by atoms with Gasteiger partial charge in [0.1, 0.15) is 6.61 Å². The van der Waals surface area contributed by atoms with Crippen LogP contribution in [0.1, 0.15) is 29.3 Å². The second kappa shape index (κ2) is 14.3. The molecule has 0 aliphatic rings. The predicted octanol–water partition coefficient (Wildman–Crippen LogP) is 1.94. The monoisotopic (exact) mass is 615 g/mol. The molecule has 3 rings (SSSR count). The molecule has 0 N–H and O–H groups in total. The van der Waals surface area contributed by atoms with Crippen LogP contribution >= 0.6 is 0 Å². The SMILES string of the molecule is COC(C)OC(=O)CCOC(=O)c1ccc(-c2ccc(OC(=O)/C=C/c3ccc([I-]C)cc3)cc2)cc1. The molecule has 0 aliphatic carbocycles. The summed E-state index contributed by atoms with van der Waals surface area (Å²) in [5, 5.41) is 0. The van der Waals surface area contributed by atoms with Crippen LogP contribution in [0.15, 0.2) is 78.9 Å². The summed E-state index contributed by atoms with van der Waals surface area (Å²) < 4.78 is 21.6. The van der Waals surface area contributed by atoms with Crippen molar-refractivity contribution in [3.8, 4) is 16.9 Å². The van der Waals surface area contributed by atoms with Crippen LogP contribution in [-0.4, -0.2) is 42.8 Å². The molecular weight excluding hydrogens is 587 g/mol. The molecule has 0 aliphatic heterocycles. The number of carbonyl (C=O) groups excluding carboxylic acids is 3. The van der Waals surface area contributed by atoms with Crippen molar-refractivity contribution in [2.75, 3.05) is 18.6 Å². The Kier molecular flexibility index (Phi) is 10.8. The predicted molar refractivity (Wildman–Crippen MR) is 135 cm³/mol. The van der Waals surface area contributed by atoms with Gasteiger partial charge in [-0.1, -0.05) is 12.1 Å². The number of benzene rings is 3. The number of alkyl halides is 1. The van der Waals surface area contributed by atoms with E-state index < -0.39 is 24.2 Å². The van der Waals surface area contributed by atoms with E-state index in [-0.39, 0.29) is 34.2 Å². The molecule has 0 fully saturated rings. The van der Waals surface area contributed by atoms with Gasteiger partial charge in [0, 0.05) is 7.11 Å². The van der Waals surface area contributed by atoms with Crippen molar-refractivity contribution in [2.24, 2.45) is 0 Å². The van der Waals surface area contributed by atoms with E-state index in [1.807, 2.05) is 24.3 Å². The average molecular weight is 615 g/mol. The summed E-state index contributed by atoms with van der Waals surface area (Å²) in [6.07, 6.45) is 2.43. The standard InChI is InChI=1S/C29H28IO7/c1-20(34-3)36-28(32)18-19-35-29(33)24-9-7-22(8-10-24)23-11-15-26(16-12-23)37-27(31)17-6-21-4-13-25(30-2)14-5-21/h4-17,20H,18-19H2,1-3H3/q-1/b17-6+. The van der Waals surface area contributed by atoms with Crippen LogP contribution in [0.4, 0.5) is 0 Å². The Morgan fingerprint density at radius 3 is 2.11 bits per heavy atom. The smallest absolute Gasteiger partial charge is 0.0471 e. The van der Waals surface area contributed by atoms with Gasteiger partial charge in [0.25, 0.3) is 0 Å². The number of halogens is 1. The van der Waals surface area contributed by atoms with Gasteiger partial charge in [0.15, 0.2) is 6.29 Å². The first-order chi connectivity index (χ1) is 17.9. The Balaban J connectivity index is 1.49. The van der Waals surface area contributed by atoms with Crippen molar-refractivity contribution < 1.29 is 54.5 Å². The number of ether oxygens (including phenoxy) is 4. The van der Waals surface area contributed by atoms with E-state index >= 15 is 0 Å². The summed E-state index contributed by atoms with van der Waals surface area (Å²) in [4.78, 5) is 38.2. The first-order valence-electron chi connectivity index (χ1n) is 11.5. The molecule has 0 amide bonds. The van der Waals surface area contributed by atoms with E-state index in [1.54, 1.807) is 49.4 Å². The first kappa shape index (κ1) is 28.1. The molecule has 0 aromatic heterocycles. The van der Waals surface area contributed by atoms with Crippen LogP contribution in [0.2, 0.25) is 0 Å². The molecule has 0 saturated heterocycles. The average Bonchev–Trinajstić information content (AvgIpc) is 2.92. The van der Waals surface area contributed by atoms with Gasteiger partial charge in [-0.05, 0) is 24.6 Å². The zero-order valence-electron chi connectivity index (χ0n) is 20.8. The molecule has 1 unspecified atom stereocenters. The first-order valence-corrected chi connectivity index (χ1v) is 14.7. The van der Waals surface area contributed by atoms with Crippen molar-refractivity contribution in [3.05, 3.63) is 93.6 Å². The number of esters is 3. The van der Waals surface area contributed by atoms with Crippen molar-refractivity contribution in [1.82, 2.24) is 0 Å². The molecule has 3 aromatic rings. The third kappa shape index (κ3) is 9.14. The van der Waals surface area contributed by atoms with E-state index in [0.29, 0.717) is 11.3 Å². The van der Waals surface area contributed by atoms with Gasteiger partial charge in [-0.25, -0.2) is 4.79 Å². The molecule has 0 radical (unpaired) electrons. The minimum atomic E-state index is -0.650. The van der Waals surface area contributed by atoms with Gasteiger partial charge in [-0.2, -0.15) is 0 Å². The van der Waals surface area contributed by atoms with Crippen LogP contribution in [0.3, 0.4) is 0 Å². The summed E-state index contributed by atoms with van der Waals surface area (Å²) >= 11 is 0.0538. The largest absolute Gasteiger partial charge is 0.0535 e. The van der Waals surface area contributed by atoms with E-state index in [1.165, 1.54) is 16.8 Å². The molecule has 0 bridgehead atoms. The van der Waals surface area contributed by atoms with Gasteiger partial charge < -0.3 is 14.2 Å². The van der Waals surface area contributed by atoms with Crippen LogP contribution in [0.5, 0.6) is 5.75 Å². The summed E-state index contributed by atoms with van der Waals surface area (Å²) in [7, 11) is 1.43. The minimum absolute atomic E-state index is 0.0538. The van der Waals surface area contributed by atoms with Gasteiger partial charge in [0.2, 0.25) is 0 Å². The molecule has 0 spiro atoms. The molecule has 37 heavy (non-hydrogen) atoms. The maximum Gasteiger partial charge on any atom is -0.0471 e. The van der Waals surface area contributed by atoms with Crippen molar-refractivity contribution >= 4 is 24.0 Å². The summed E-state index contributed by atoms with van der Waals surface area (Å²) in [5.41, 5.74) is 3.08. The van der Waals surface area contributed by atoms with E-state index in [4.69, 9.17) is 18.9 Å². The molecule has 7 nitrogen and oxygen atoms in total. The number of rotatable bonds is 11. The maximum atomic E-state index is 12.2. The fourth-order valence-electron chi connectivity index (χ4n) is 3.13. The van der Waals surface area contributed by atoms with Crippen LogP contribution in [0, 0.1) is 3.57 Å². The van der Waals surface area contributed by atoms with Crippen molar-refractivity contribution in [3.63, 3.8) is 0 Å². The molecule has 0 saturated carbocycles. The zero-order valence-corrected chi connectivity index (χ0v) is 23.0. The van der Waals surface area contributed by atoms with Gasteiger partial charge in [-0.3, -0.25) is 4.79 Å². The second-order valence-corrected chi connectivity index (χ2v) is 10.1. The Labute approximate surface area is 226 Å². The molecule has 0 heterocycles. The number of hydrogen-bond donors (Lipinski definition) is 0. The Hall–Kier alpha value is -3.50. The third-order valence-corrected chi connectivity index (χ3v) is 7.16. The molecule has 1 atom stereocenters. The zero-order chi connectivity index (χ0) is 26.6. The third-order valence-electron chi connectivity index (χ3n) is 5.20. The number of hydrogen-bond acceptors (Lipinski definition) is 7. The topological polar surface area (TPSA) is 88.1 Å². The van der Waals surface area contributed by atoms with Gasteiger partial charge in [-0.15, -0.1) is 0 Å². The Morgan fingerprint density at radius 1 is 0.892 bits per heavy atom. The minimum Gasteiger partial charge on any atom is -0.0535 e. The summed E-state index contributed by atoms with van der Waals surface area (Å²) in [5.74, 6) is -1.06. The number of carbonyl (C=O) groups is 3. The molecule has 8 heteroatoms. The normalized spacial score (nSPS) is 11.8. The fraction of sp³-hybridized carbons (Fsp3) is 0.207. The Bertz CT molecular complexity index is 1220. The summed E-state index contributed by atoms with van der Waals surface area (Å²) in [6.45, 7) is 1.51. The Morgan fingerprint density at radius 2 is 1.51 bits per heavy atom. The number of methoxy groups -OCH3 is 1. The van der Waals surface area contributed by atoms with Crippen molar-refractivity contribution in [2.45, 2.75) is 19.6 Å². The van der Waals surface area contributed by atoms with Gasteiger partial charge >= 0.3 is 135 Å². The maximum absolute atomic E-state index is 12.2. The van der Waals surface area contributed by atoms with Crippen LogP contribution in [-0.2, 0) is 23.8 Å². The van der Waals surface area contributed by atoms with E-state index in [2.05, 4.69) is 17.1 Å². The van der Waals surface area contributed by atoms with Crippen molar-refractivity contribution in [1.29, 1.82) is 0 Å². The summed E-state index contributed by atoms with van der Waals surface area (Å²) in [6, 6.07) is 22.1. The van der Waals surface area contributed by atoms with E-state index in [9.17, 15) is 14.4 Å².